The van der Waals surface area contributed by atoms with Crippen LogP contribution in [0, 0.1) is 11.8 Å². The molecular formula is C38H52N2O3. The maximum atomic E-state index is 11.9. The number of aliphatic hydroxyl groups is 1. The first-order valence-electron chi connectivity index (χ1n) is 17.6. The lowest BCUT2D eigenvalue weighted by molar-refractivity contribution is -0.169. The van der Waals surface area contributed by atoms with Crippen LogP contribution < -0.4 is 0 Å². The average Bonchev–Trinajstić information content (AvgIpc) is 2.98. The molecule has 0 aromatic heterocycles. The van der Waals surface area contributed by atoms with Crippen molar-refractivity contribution in [2.45, 2.75) is 125 Å². The van der Waals surface area contributed by atoms with Crippen molar-refractivity contribution < 1.29 is 15.3 Å². The van der Waals surface area contributed by atoms with Gasteiger partial charge in [-0.15, -0.1) is 0 Å². The van der Waals surface area contributed by atoms with Crippen molar-refractivity contribution in [3.05, 3.63) is 58.7 Å². The quantitative estimate of drug-likeness (QED) is 0.379. The molecule has 3 N–H and O–H groups in total. The zero-order chi connectivity index (χ0) is 29.4. The molecule has 2 aromatic rings. The van der Waals surface area contributed by atoms with Crippen LogP contribution >= 0.6 is 0 Å². The molecule has 3 saturated carbocycles. The summed E-state index contributed by atoms with van der Waals surface area (Å²) in [5.74, 6) is 2.47. The maximum Gasteiger partial charge on any atom is 0.115 e. The smallest absolute Gasteiger partial charge is 0.115 e. The molecule has 2 aliphatic heterocycles. The summed E-state index contributed by atoms with van der Waals surface area (Å²) in [4.78, 5) is 5.22. The van der Waals surface area contributed by atoms with Gasteiger partial charge in [-0.2, -0.15) is 0 Å². The third kappa shape index (κ3) is 4.27. The van der Waals surface area contributed by atoms with Gasteiger partial charge in [-0.25, -0.2) is 0 Å². The zero-order valence-electron chi connectivity index (χ0n) is 26.2. The van der Waals surface area contributed by atoms with Crippen LogP contribution in [0.25, 0.3) is 0 Å². The Balaban J connectivity index is 0.000000133. The van der Waals surface area contributed by atoms with Crippen LogP contribution in [-0.2, 0) is 23.7 Å². The monoisotopic (exact) mass is 584 g/mol. The molecule has 5 aliphatic carbocycles. The molecule has 0 amide bonds. The summed E-state index contributed by atoms with van der Waals surface area (Å²) in [7, 11) is 2.30. The van der Waals surface area contributed by atoms with E-state index in [1.54, 1.807) is 0 Å². The van der Waals surface area contributed by atoms with Gasteiger partial charge in [0, 0.05) is 29.5 Å². The number of phenolic OH excluding ortho intramolecular Hbond substituents is 2. The first kappa shape index (κ1) is 28.4. The van der Waals surface area contributed by atoms with E-state index in [0.717, 1.165) is 56.5 Å². The largest absolute Gasteiger partial charge is 0.508 e. The van der Waals surface area contributed by atoms with E-state index in [1.807, 2.05) is 18.2 Å². The molecule has 0 unspecified atom stereocenters. The van der Waals surface area contributed by atoms with Gasteiger partial charge in [-0.1, -0.05) is 44.2 Å². The summed E-state index contributed by atoms with van der Waals surface area (Å²) >= 11 is 0. The second-order valence-corrected chi connectivity index (χ2v) is 15.7. The Hall–Kier alpha value is -2.08. The highest BCUT2D eigenvalue weighted by Crippen LogP contribution is 2.59. The van der Waals surface area contributed by atoms with Gasteiger partial charge in [0.15, 0.2) is 0 Å². The molecule has 9 rings (SSSR count). The predicted octanol–water partition coefficient (Wildman–Crippen LogP) is 6.45. The Morgan fingerprint density at radius 2 is 1.47 bits per heavy atom. The summed E-state index contributed by atoms with van der Waals surface area (Å²) in [6.45, 7) is 3.51. The number of piperidine rings is 2. The molecule has 2 aromatic carbocycles. The number of hydrogen-bond acceptors (Lipinski definition) is 5. The number of likely N-dealkylation sites (N-methyl/N-ethyl adjacent to an activating group) is 1. The minimum Gasteiger partial charge on any atom is -0.508 e. The van der Waals surface area contributed by atoms with Crippen LogP contribution in [-0.4, -0.2) is 69.5 Å². The first-order valence-corrected chi connectivity index (χ1v) is 17.6. The SMILES string of the molecule is CN1CC[C@@]23CCCC[C@@H]2[C@@H]1Cc1ccc(O)cc13.Oc1ccc2c(c1)[C@@]13CCCC[C@@]1(O)[C@@H](C2)N(CC1CCC1)CC3. The van der Waals surface area contributed by atoms with Crippen molar-refractivity contribution in [3.63, 3.8) is 0 Å². The van der Waals surface area contributed by atoms with Crippen molar-refractivity contribution in [1.29, 1.82) is 0 Å². The predicted molar refractivity (Wildman–Crippen MR) is 171 cm³/mol. The molecule has 7 aliphatic rings. The molecule has 5 nitrogen and oxygen atoms in total. The molecule has 43 heavy (non-hydrogen) atoms. The molecule has 5 fully saturated rings. The molecular weight excluding hydrogens is 532 g/mol. The highest BCUT2D eigenvalue weighted by Gasteiger charge is 2.63. The summed E-state index contributed by atoms with van der Waals surface area (Å²) in [6, 6.07) is 13.0. The molecule has 2 saturated heterocycles. The number of rotatable bonds is 2. The summed E-state index contributed by atoms with van der Waals surface area (Å²) in [5, 5.41) is 31.9. The Morgan fingerprint density at radius 1 is 0.744 bits per heavy atom. The summed E-state index contributed by atoms with van der Waals surface area (Å²) in [6.07, 6.45) is 18.4. The molecule has 0 spiro atoms. The maximum absolute atomic E-state index is 11.9. The standard InChI is InChI=1S/C21H29NO2.C17H23NO/c23-17-7-6-16-12-19-21(24)9-2-1-8-20(21,18(16)13-17)10-11-22(19)14-15-4-3-5-15;1-18-9-8-17-7-3-2-4-14(17)16(18)10-12-5-6-13(19)11-15(12)17/h6-7,13,15,19,23-24H,1-5,8-12,14H2;5-6,11,14,16,19H,2-4,7-10H2,1H3/t19-,20+,21-;14-,16+,17+/m11/s1. The first-order chi connectivity index (χ1) is 20.8. The number of benzene rings is 2. The topological polar surface area (TPSA) is 67.2 Å². The van der Waals surface area contributed by atoms with Gasteiger partial charge in [0.1, 0.15) is 11.5 Å². The van der Waals surface area contributed by atoms with Gasteiger partial charge in [0.2, 0.25) is 0 Å². The van der Waals surface area contributed by atoms with E-state index in [9.17, 15) is 15.3 Å². The lowest BCUT2D eigenvalue weighted by Crippen LogP contribution is -2.72. The number of phenols is 2. The second-order valence-electron chi connectivity index (χ2n) is 15.7. The van der Waals surface area contributed by atoms with Crippen molar-refractivity contribution >= 4 is 0 Å². The lowest BCUT2D eigenvalue weighted by Gasteiger charge is -2.64. The van der Waals surface area contributed by atoms with E-state index in [4.69, 9.17) is 0 Å². The molecule has 0 radical (unpaired) electrons. The minimum atomic E-state index is -0.603. The van der Waals surface area contributed by atoms with Gasteiger partial charge in [-0.05, 0) is 143 Å². The van der Waals surface area contributed by atoms with Gasteiger partial charge in [0.05, 0.1) is 5.60 Å². The molecule has 5 heteroatoms. The van der Waals surface area contributed by atoms with E-state index < -0.39 is 5.60 Å². The van der Waals surface area contributed by atoms with Gasteiger partial charge < -0.3 is 20.2 Å². The van der Waals surface area contributed by atoms with E-state index in [0.29, 0.717) is 16.9 Å². The molecule has 2 heterocycles. The van der Waals surface area contributed by atoms with Gasteiger partial charge >= 0.3 is 0 Å². The highest BCUT2D eigenvalue weighted by atomic mass is 16.3. The number of nitrogens with zero attached hydrogens (tertiary/aromatic N) is 2. The third-order valence-electron chi connectivity index (χ3n) is 13.9. The van der Waals surface area contributed by atoms with E-state index in [1.165, 1.54) is 99.6 Å². The Kier molecular flexibility index (Phi) is 6.93. The lowest BCUT2D eigenvalue weighted by atomic mass is 9.49. The molecule has 4 bridgehead atoms. The zero-order valence-corrected chi connectivity index (χ0v) is 26.2. The fourth-order valence-corrected chi connectivity index (χ4v) is 11.5. The number of likely N-dealkylation sites (tertiary alicyclic amines) is 2. The average molecular weight is 585 g/mol. The van der Waals surface area contributed by atoms with E-state index in [-0.39, 0.29) is 11.5 Å². The van der Waals surface area contributed by atoms with Crippen LogP contribution in [0.15, 0.2) is 36.4 Å². The summed E-state index contributed by atoms with van der Waals surface area (Å²) < 4.78 is 0. The highest BCUT2D eigenvalue weighted by molar-refractivity contribution is 5.48. The van der Waals surface area contributed by atoms with Crippen molar-refractivity contribution in [2.75, 3.05) is 26.7 Å². The minimum absolute atomic E-state index is 0.127. The molecule has 6 atom stereocenters. The Morgan fingerprint density at radius 3 is 2.23 bits per heavy atom. The van der Waals surface area contributed by atoms with Crippen LogP contribution in [0.4, 0.5) is 0 Å². The summed E-state index contributed by atoms with van der Waals surface area (Å²) in [5.41, 5.74) is 5.25. The van der Waals surface area contributed by atoms with Crippen molar-refractivity contribution in [3.8, 4) is 11.5 Å². The number of fused-ring (bicyclic) bond motifs is 2. The van der Waals surface area contributed by atoms with Gasteiger partial charge in [0.25, 0.3) is 0 Å². The van der Waals surface area contributed by atoms with Crippen LogP contribution in [0.5, 0.6) is 11.5 Å². The van der Waals surface area contributed by atoms with Crippen molar-refractivity contribution in [2.24, 2.45) is 11.8 Å². The van der Waals surface area contributed by atoms with Crippen LogP contribution in [0.3, 0.4) is 0 Å². The van der Waals surface area contributed by atoms with Gasteiger partial charge in [-0.3, -0.25) is 4.90 Å². The second kappa shape index (κ2) is 10.5. The van der Waals surface area contributed by atoms with Crippen molar-refractivity contribution in [1.82, 2.24) is 9.80 Å². The fraction of sp³-hybridized carbons (Fsp3) is 0.684. The van der Waals surface area contributed by atoms with E-state index in [2.05, 4.69) is 35.0 Å². The fourth-order valence-electron chi connectivity index (χ4n) is 11.5. The van der Waals surface area contributed by atoms with Crippen LogP contribution in [0.2, 0.25) is 0 Å². The Labute approximate surface area is 258 Å². The number of hydrogen-bond donors (Lipinski definition) is 3. The number of aromatic hydroxyl groups is 2. The third-order valence-corrected chi connectivity index (χ3v) is 13.9. The van der Waals surface area contributed by atoms with Crippen LogP contribution in [0.1, 0.15) is 106 Å². The normalized spacial score (nSPS) is 38.3. The van der Waals surface area contributed by atoms with E-state index >= 15 is 0 Å². The molecule has 232 valence electrons. The Bertz CT molecular complexity index is 1370.